The maximum absolute atomic E-state index is 13.5. The summed E-state index contributed by atoms with van der Waals surface area (Å²) in [5.41, 5.74) is -1.45. The van der Waals surface area contributed by atoms with Crippen LogP contribution < -0.4 is 14.9 Å². The highest BCUT2D eigenvalue weighted by Crippen LogP contribution is 2.33. The Balaban J connectivity index is 1.68. The van der Waals surface area contributed by atoms with E-state index in [4.69, 9.17) is 9.47 Å². The average molecular weight is 530 g/mol. The zero-order chi connectivity index (χ0) is 26.1. The van der Waals surface area contributed by atoms with Gasteiger partial charge in [0.1, 0.15) is 18.5 Å². The minimum Gasteiger partial charge on any atom is -0.491 e. The molecule has 1 aromatic carbocycles. The lowest BCUT2D eigenvalue weighted by atomic mass is 9.95. The van der Waals surface area contributed by atoms with Gasteiger partial charge in [-0.15, -0.1) is 11.3 Å². The van der Waals surface area contributed by atoms with E-state index in [1.165, 1.54) is 11.3 Å². The van der Waals surface area contributed by atoms with Gasteiger partial charge in [-0.25, -0.2) is 4.39 Å². The molecule has 2 aliphatic rings. The second-order valence-electron chi connectivity index (χ2n) is 10.3. The van der Waals surface area contributed by atoms with Crippen molar-refractivity contribution < 1.29 is 31.8 Å². The van der Waals surface area contributed by atoms with Crippen LogP contribution in [-0.4, -0.2) is 48.6 Å². The van der Waals surface area contributed by atoms with Gasteiger partial charge >= 0.3 is 6.18 Å². The smallest absolute Gasteiger partial charge is 0.416 e. The molecule has 2 fully saturated rings. The summed E-state index contributed by atoms with van der Waals surface area (Å²) in [6.07, 6.45) is -1.63. The van der Waals surface area contributed by atoms with Crippen LogP contribution in [0.5, 0.6) is 5.75 Å². The van der Waals surface area contributed by atoms with Gasteiger partial charge in [0.05, 0.1) is 23.8 Å². The van der Waals surface area contributed by atoms with E-state index in [1.807, 2.05) is 31.5 Å². The molecule has 2 saturated heterocycles. The third kappa shape index (κ3) is 6.54. The van der Waals surface area contributed by atoms with Gasteiger partial charge in [-0.1, -0.05) is 20.8 Å². The number of hydrogen-bond acceptors (Lipinski definition) is 5. The van der Waals surface area contributed by atoms with Gasteiger partial charge < -0.3 is 19.4 Å². The lowest BCUT2D eigenvalue weighted by Gasteiger charge is -2.15. The first kappa shape index (κ1) is 26.8. The first-order valence-electron chi connectivity index (χ1n) is 12.0. The Morgan fingerprint density at radius 2 is 2.08 bits per heavy atom. The normalized spacial score (nSPS) is 23.4. The lowest BCUT2D eigenvalue weighted by molar-refractivity contribution is -0.137. The summed E-state index contributed by atoms with van der Waals surface area (Å²) in [6.45, 7) is 7.52. The number of carbonyl (C=O) groups excluding carboxylic acids is 1. The molecular formula is C25H31F4N3O3S. The molecule has 36 heavy (non-hydrogen) atoms. The van der Waals surface area contributed by atoms with Crippen LogP contribution >= 0.6 is 11.3 Å². The van der Waals surface area contributed by atoms with Crippen molar-refractivity contribution in [3.05, 3.63) is 45.2 Å². The van der Waals surface area contributed by atoms with Crippen molar-refractivity contribution in [3.8, 4) is 5.75 Å². The van der Waals surface area contributed by atoms with E-state index in [9.17, 15) is 22.4 Å². The highest BCUT2D eigenvalue weighted by molar-refractivity contribution is 7.09. The number of nitrogens with zero attached hydrogens (tertiary/aromatic N) is 2. The Bertz CT molecular complexity index is 1150. The van der Waals surface area contributed by atoms with Crippen LogP contribution in [0.2, 0.25) is 0 Å². The predicted molar refractivity (Wildman–Crippen MR) is 128 cm³/mol. The molecule has 2 aromatic rings. The third-order valence-corrected chi connectivity index (χ3v) is 7.67. The number of halogens is 4. The SMILES string of the molecule is CC(C)(C)c1cn(C[C@H]2CCCO2)/c(=N/C(=O)c2cc(C(F)(F)F)ccc2OC[C@@H]2C[C@H](F)CN2)s1. The number of hydrogen-bond donors (Lipinski definition) is 1. The molecule has 3 atom stereocenters. The molecule has 198 valence electrons. The van der Waals surface area contributed by atoms with Crippen LogP contribution in [0.15, 0.2) is 29.4 Å². The molecule has 0 bridgehead atoms. The molecule has 3 heterocycles. The highest BCUT2D eigenvalue weighted by Gasteiger charge is 2.33. The zero-order valence-electron chi connectivity index (χ0n) is 20.5. The van der Waals surface area contributed by atoms with Crippen LogP contribution in [-0.2, 0) is 22.9 Å². The number of carbonyl (C=O) groups is 1. The quantitative estimate of drug-likeness (QED) is 0.543. The molecule has 11 heteroatoms. The molecule has 0 spiro atoms. The first-order valence-corrected chi connectivity index (χ1v) is 12.8. The largest absolute Gasteiger partial charge is 0.491 e. The van der Waals surface area contributed by atoms with E-state index in [2.05, 4.69) is 10.3 Å². The van der Waals surface area contributed by atoms with E-state index in [-0.39, 0.29) is 48.4 Å². The van der Waals surface area contributed by atoms with Crippen LogP contribution in [0.25, 0.3) is 0 Å². The predicted octanol–water partition coefficient (Wildman–Crippen LogP) is 4.86. The topological polar surface area (TPSA) is 64.9 Å². The second kappa shape index (κ2) is 10.6. The fraction of sp³-hybridized carbons (Fsp3) is 0.600. The number of rotatable bonds is 6. The van der Waals surface area contributed by atoms with Crippen LogP contribution in [0.1, 0.15) is 60.8 Å². The van der Waals surface area contributed by atoms with E-state index in [1.54, 1.807) is 0 Å². The minimum absolute atomic E-state index is 0.00726. The van der Waals surface area contributed by atoms with Crippen LogP contribution in [0.4, 0.5) is 17.6 Å². The van der Waals surface area contributed by atoms with E-state index in [0.717, 1.165) is 35.9 Å². The van der Waals surface area contributed by atoms with Crippen molar-refractivity contribution >= 4 is 17.2 Å². The number of ether oxygens (including phenoxy) is 2. The van der Waals surface area contributed by atoms with Crippen molar-refractivity contribution in [1.82, 2.24) is 9.88 Å². The van der Waals surface area contributed by atoms with E-state index in [0.29, 0.717) is 18.0 Å². The zero-order valence-corrected chi connectivity index (χ0v) is 21.3. The summed E-state index contributed by atoms with van der Waals surface area (Å²) >= 11 is 1.33. The number of thiazole rings is 1. The van der Waals surface area contributed by atoms with Crippen molar-refractivity contribution in [2.24, 2.45) is 4.99 Å². The van der Waals surface area contributed by atoms with Crippen LogP contribution in [0, 0.1) is 0 Å². The molecule has 4 rings (SSSR count). The van der Waals surface area contributed by atoms with Crippen molar-refractivity contribution in [2.75, 3.05) is 19.8 Å². The molecule has 0 unspecified atom stereocenters. The maximum Gasteiger partial charge on any atom is 0.416 e. The Morgan fingerprint density at radius 3 is 2.69 bits per heavy atom. The third-order valence-electron chi connectivity index (χ3n) is 6.23. The molecule has 2 aliphatic heterocycles. The molecule has 1 aromatic heterocycles. The fourth-order valence-corrected chi connectivity index (χ4v) is 5.24. The summed E-state index contributed by atoms with van der Waals surface area (Å²) in [6, 6.07) is 2.47. The van der Waals surface area contributed by atoms with Crippen molar-refractivity contribution in [2.45, 2.75) is 76.5 Å². The van der Waals surface area contributed by atoms with E-state index < -0.39 is 23.8 Å². The van der Waals surface area contributed by atoms with Gasteiger partial charge in [-0.05, 0) is 42.9 Å². The molecule has 0 aliphatic carbocycles. The van der Waals surface area contributed by atoms with Crippen LogP contribution in [0.3, 0.4) is 0 Å². The fourth-order valence-electron chi connectivity index (χ4n) is 4.19. The number of alkyl halides is 4. The number of nitrogens with one attached hydrogen (secondary N) is 1. The molecular weight excluding hydrogens is 498 g/mol. The van der Waals surface area contributed by atoms with Gasteiger partial charge in [0.2, 0.25) is 0 Å². The monoisotopic (exact) mass is 529 g/mol. The lowest BCUT2D eigenvalue weighted by Crippen LogP contribution is -2.28. The van der Waals surface area contributed by atoms with Crippen molar-refractivity contribution in [3.63, 3.8) is 0 Å². The summed E-state index contributed by atoms with van der Waals surface area (Å²) in [5.74, 6) is -0.846. The number of aromatic nitrogens is 1. The average Bonchev–Trinajstić information content (AvgIpc) is 3.54. The van der Waals surface area contributed by atoms with Crippen molar-refractivity contribution in [1.29, 1.82) is 0 Å². The Kier molecular flexibility index (Phi) is 7.92. The Labute approximate surface area is 211 Å². The summed E-state index contributed by atoms with van der Waals surface area (Å²) in [4.78, 5) is 18.9. The molecule has 0 saturated carbocycles. The first-order chi connectivity index (χ1) is 16.9. The standard InChI is InChI=1S/C25H31F4N3O3S/c1-24(2,3)21-13-32(12-18-5-4-8-34-18)23(36-21)31-22(33)19-9-15(25(27,28)29)6-7-20(19)35-14-17-10-16(26)11-30-17/h6-7,9,13,16-18,30H,4-5,8,10-12,14H2,1-3H3/b31-23-/t16-,17-,18+/m0/s1. The number of amides is 1. The molecule has 1 N–H and O–H groups in total. The summed E-state index contributed by atoms with van der Waals surface area (Å²) < 4.78 is 67.1. The van der Waals surface area contributed by atoms with Gasteiger partial charge in [0.15, 0.2) is 4.80 Å². The maximum atomic E-state index is 13.5. The van der Waals surface area contributed by atoms with Gasteiger partial charge in [0.25, 0.3) is 5.91 Å². The molecule has 6 nitrogen and oxygen atoms in total. The number of benzene rings is 1. The summed E-state index contributed by atoms with van der Waals surface area (Å²) in [5, 5.41) is 2.96. The second-order valence-corrected chi connectivity index (χ2v) is 11.3. The Hall–Kier alpha value is -2.24. The van der Waals surface area contributed by atoms with Gasteiger partial charge in [-0.2, -0.15) is 18.2 Å². The molecule has 0 radical (unpaired) electrons. The van der Waals surface area contributed by atoms with Gasteiger partial charge in [0, 0.05) is 30.3 Å². The highest BCUT2D eigenvalue weighted by atomic mass is 32.1. The Morgan fingerprint density at radius 1 is 1.31 bits per heavy atom. The minimum atomic E-state index is -4.63. The van der Waals surface area contributed by atoms with Gasteiger partial charge in [-0.3, -0.25) is 4.79 Å². The molecule has 1 amide bonds. The van der Waals surface area contributed by atoms with E-state index >= 15 is 0 Å². The summed E-state index contributed by atoms with van der Waals surface area (Å²) in [7, 11) is 0.